The van der Waals surface area contributed by atoms with E-state index in [-0.39, 0.29) is 32.5 Å². The second kappa shape index (κ2) is 6.32. The molecule has 1 amide bonds. The van der Waals surface area contributed by atoms with Crippen molar-refractivity contribution in [1.29, 1.82) is 0 Å². The van der Waals surface area contributed by atoms with Crippen LogP contribution >= 0.6 is 33.9 Å². The summed E-state index contributed by atoms with van der Waals surface area (Å²) in [6, 6.07) is 2.40. The van der Waals surface area contributed by atoms with E-state index in [1.807, 2.05) is 6.92 Å². The van der Waals surface area contributed by atoms with E-state index in [4.69, 9.17) is 33.9 Å². The molecular weight excluding hydrogens is 357 g/mol. The minimum atomic E-state index is -3.98. The molecule has 0 spiro atoms. The van der Waals surface area contributed by atoms with Gasteiger partial charge < -0.3 is 4.90 Å². The number of nitrogens with zero attached hydrogens (tertiary/aromatic N) is 1. The summed E-state index contributed by atoms with van der Waals surface area (Å²) in [4.78, 5) is 14.1. The van der Waals surface area contributed by atoms with Crippen LogP contribution in [0.15, 0.2) is 17.0 Å². The lowest BCUT2D eigenvalue weighted by Crippen LogP contribution is -2.42. The van der Waals surface area contributed by atoms with Crippen molar-refractivity contribution in [2.75, 3.05) is 6.54 Å². The first kappa shape index (κ1) is 16.9. The Morgan fingerprint density at radius 2 is 1.95 bits per heavy atom. The highest BCUT2D eigenvalue weighted by Crippen LogP contribution is 2.32. The van der Waals surface area contributed by atoms with Gasteiger partial charge in [0.15, 0.2) is 0 Å². The van der Waals surface area contributed by atoms with Crippen LogP contribution in [0.4, 0.5) is 0 Å². The summed E-state index contributed by atoms with van der Waals surface area (Å²) in [5, 5.41) is 0.0370. The van der Waals surface area contributed by atoms with E-state index < -0.39 is 9.05 Å². The van der Waals surface area contributed by atoms with E-state index in [2.05, 4.69) is 0 Å². The van der Waals surface area contributed by atoms with Gasteiger partial charge in [0.1, 0.15) is 0 Å². The van der Waals surface area contributed by atoms with Crippen molar-refractivity contribution in [2.45, 2.75) is 37.1 Å². The molecule has 0 N–H and O–H groups in total. The maximum absolute atomic E-state index is 12.6. The summed E-state index contributed by atoms with van der Waals surface area (Å²) in [6.07, 6.45) is 2.88. The van der Waals surface area contributed by atoms with Crippen molar-refractivity contribution in [1.82, 2.24) is 4.90 Å². The van der Waals surface area contributed by atoms with Crippen molar-refractivity contribution in [3.05, 3.63) is 27.7 Å². The van der Waals surface area contributed by atoms with Gasteiger partial charge in [-0.25, -0.2) is 8.42 Å². The molecule has 1 aliphatic rings. The summed E-state index contributed by atoms with van der Waals surface area (Å²) < 4.78 is 22.9. The van der Waals surface area contributed by atoms with Crippen LogP contribution in [0.5, 0.6) is 0 Å². The number of halogens is 3. The molecule has 116 valence electrons. The molecule has 21 heavy (non-hydrogen) atoms. The van der Waals surface area contributed by atoms with E-state index in [0.717, 1.165) is 25.3 Å². The van der Waals surface area contributed by atoms with Crippen LogP contribution in [-0.4, -0.2) is 31.8 Å². The van der Waals surface area contributed by atoms with Crippen LogP contribution in [0.25, 0.3) is 0 Å². The van der Waals surface area contributed by atoms with E-state index in [1.165, 1.54) is 6.07 Å². The van der Waals surface area contributed by atoms with Gasteiger partial charge in [-0.3, -0.25) is 4.79 Å². The van der Waals surface area contributed by atoms with Gasteiger partial charge in [-0.2, -0.15) is 0 Å². The molecule has 1 fully saturated rings. The predicted octanol–water partition coefficient (Wildman–Crippen LogP) is 3.94. The molecule has 0 aromatic heterocycles. The van der Waals surface area contributed by atoms with E-state index in [9.17, 15) is 13.2 Å². The largest absolute Gasteiger partial charge is 0.336 e. The Bertz CT molecular complexity index is 675. The molecule has 8 heteroatoms. The van der Waals surface area contributed by atoms with Crippen LogP contribution < -0.4 is 0 Å². The third-order valence-corrected chi connectivity index (χ3v) is 5.71. The summed E-state index contributed by atoms with van der Waals surface area (Å²) in [5.41, 5.74) is 0.0668. The van der Waals surface area contributed by atoms with E-state index in [1.54, 1.807) is 4.90 Å². The smallest absolute Gasteiger partial charge is 0.261 e. The highest BCUT2D eigenvalue weighted by Gasteiger charge is 2.28. The van der Waals surface area contributed by atoms with Gasteiger partial charge in [0.2, 0.25) is 0 Å². The van der Waals surface area contributed by atoms with Crippen LogP contribution in [0.1, 0.15) is 36.5 Å². The average Bonchev–Trinajstić information content (AvgIpc) is 2.40. The standard InChI is InChI=1S/C13H14Cl3NO3S/c1-8-4-2-3-5-17(8)13(18)10-6-9(21(16,19)20)7-11(14)12(10)15/h6-8H,2-5H2,1H3. The molecule has 1 saturated heterocycles. The number of hydrogen-bond acceptors (Lipinski definition) is 3. The second-order valence-corrected chi connectivity index (χ2v) is 8.40. The first-order valence-electron chi connectivity index (χ1n) is 6.46. The van der Waals surface area contributed by atoms with E-state index >= 15 is 0 Å². The number of hydrogen-bond donors (Lipinski definition) is 0. The van der Waals surface area contributed by atoms with Crippen LogP contribution in [-0.2, 0) is 9.05 Å². The number of benzene rings is 1. The van der Waals surface area contributed by atoms with Crippen molar-refractivity contribution >= 4 is 48.8 Å². The third-order valence-electron chi connectivity index (χ3n) is 3.58. The molecule has 0 aliphatic carbocycles. The number of piperidine rings is 1. The normalized spacial score (nSPS) is 19.6. The highest BCUT2D eigenvalue weighted by atomic mass is 35.7. The third kappa shape index (κ3) is 3.65. The molecule has 4 nitrogen and oxygen atoms in total. The number of likely N-dealkylation sites (tertiary alicyclic amines) is 1. The van der Waals surface area contributed by atoms with Crippen LogP contribution in [0.3, 0.4) is 0 Å². The molecule has 0 saturated carbocycles. The zero-order valence-corrected chi connectivity index (χ0v) is 14.4. The van der Waals surface area contributed by atoms with Gasteiger partial charge in [-0.1, -0.05) is 23.2 Å². The van der Waals surface area contributed by atoms with Crippen molar-refractivity contribution < 1.29 is 13.2 Å². The fraction of sp³-hybridized carbons (Fsp3) is 0.462. The SMILES string of the molecule is CC1CCCCN1C(=O)c1cc(S(=O)(=O)Cl)cc(Cl)c1Cl. The molecule has 0 bridgehead atoms. The number of carbonyl (C=O) groups excluding carboxylic acids is 1. The van der Waals surface area contributed by atoms with Crippen LogP contribution in [0, 0.1) is 0 Å². The summed E-state index contributed by atoms with van der Waals surface area (Å²) >= 11 is 12.0. The van der Waals surface area contributed by atoms with Crippen molar-refractivity contribution in [3.63, 3.8) is 0 Å². The molecule has 1 aliphatic heterocycles. The summed E-state index contributed by atoms with van der Waals surface area (Å²) in [7, 11) is 1.34. The van der Waals surface area contributed by atoms with Gasteiger partial charge in [0.05, 0.1) is 20.5 Å². The lowest BCUT2D eigenvalue weighted by atomic mass is 10.0. The Balaban J connectivity index is 2.47. The fourth-order valence-corrected chi connectivity index (χ4v) is 3.67. The van der Waals surface area contributed by atoms with Crippen molar-refractivity contribution in [3.8, 4) is 0 Å². The Kier molecular flexibility index (Phi) is 5.08. The maximum atomic E-state index is 12.6. The molecular formula is C13H14Cl3NO3S. The molecule has 1 aromatic carbocycles. The van der Waals surface area contributed by atoms with Crippen molar-refractivity contribution in [2.24, 2.45) is 0 Å². The second-order valence-electron chi connectivity index (χ2n) is 5.05. The fourth-order valence-electron chi connectivity index (χ4n) is 2.42. The Morgan fingerprint density at radius 1 is 1.29 bits per heavy atom. The number of rotatable bonds is 2. The number of amides is 1. The molecule has 1 aromatic rings. The lowest BCUT2D eigenvalue weighted by molar-refractivity contribution is 0.0635. The van der Waals surface area contributed by atoms with Gasteiger partial charge >= 0.3 is 0 Å². The average molecular weight is 371 g/mol. The summed E-state index contributed by atoms with van der Waals surface area (Å²) in [6.45, 7) is 2.57. The van der Waals surface area contributed by atoms with Gasteiger partial charge in [0, 0.05) is 23.3 Å². The Hall–Kier alpha value is -0.490. The Morgan fingerprint density at radius 3 is 2.52 bits per heavy atom. The number of carbonyl (C=O) groups is 1. The molecule has 1 unspecified atom stereocenters. The monoisotopic (exact) mass is 369 g/mol. The maximum Gasteiger partial charge on any atom is 0.261 e. The first-order valence-corrected chi connectivity index (χ1v) is 9.53. The van der Waals surface area contributed by atoms with Gasteiger partial charge in [0.25, 0.3) is 15.0 Å². The predicted molar refractivity (Wildman–Crippen MR) is 83.9 cm³/mol. The summed E-state index contributed by atoms with van der Waals surface area (Å²) in [5.74, 6) is -0.323. The van der Waals surface area contributed by atoms with E-state index in [0.29, 0.717) is 6.54 Å². The highest BCUT2D eigenvalue weighted by molar-refractivity contribution is 8.13. The zero-order chi connectivity index (χ0) is 15.8. The minimum absolute atomic E-state index is 0.00796. The molecule has 2 rings (SSSR count). The first-order chi connectivity index (χ1) is 9.71. The van der Waals surface area contributed by atoms with Gasteiger partial charge in [-0.05, 0) is 38.3 Å². The lowest BCUT2D eigenvalue weighted by Gasteiger charge is -2.33. The van der Waals surface area contributed by atoms with Crippen LogP contribution in [0.2, 0.25) is 10.0 Å². The molecule has 1 atom stereocenters. The van der Waals surface area contributed by atoms with Gasteiger partial charge in [-0.15, -0.1) is 0 Å². The quantitative estimate of drug-likeness (QED) is 0.741. The molecule has 1 heterocycles. The topological polar surface area (TPSA) is 54.5 Å². The Labute approximate surface area is 138 Å². The molecule has 0 radical (unpaired) electrons. The minimum Gasteiger partial charge on any atom is -0.336 e. The zero-order valence-electron chi connectivity index (χ0n) is 11.3.